The van der Waals surface area contributed by atoms with E-state index < -0.39 is 12.0 Å². The van der Waals surface area contributed by atoms with E-state index in [1.54, 1.807) is 24.3 Å². The van der Waals surface area contributed by atoms with E-state index in [1.807, 2.05) is 6.92 Å². The van der Waals surface area contributed by atoms with Gasteiger partial charge < -0.3 is 16.2 Å². The molecule has 5 heteroatoms. The molecule has 0 aliphatic carbocycles. The van der Waals surface area contributed by atoms with Crippen LogP contribution in [-0.4, -0.2) is 29.6 Å². The summed E-state index contributed by atoms with van der Waals surface area (Å²) in [5.41, 5.74) is 6.36. The second-order valence-electron chi connectivity index (χ2n) is 3.49. The number of hydrogen-bond acceptors (Lipinski definition) is 3. The molecular weight excluding hydrogens is 208 g/mol. The average molecular weight is 222 g/mol. The number of rotatable bonds is 4. The van der Waals surface area contributed by atoms with Crippen LogP contribution < -0.4 is 11.1 Å². The van der Waals surface area contributed by atoms with Gasteiger partial charge in [-0.15, -0.1) is 0 Å². The van der Waals surface area contributed by atoms with Crippen LogP contribution in [0.25, 0.3) is 0 Å². The van der Waals surface area contributed by atoms with Crippen LogP contribution >= 0.6 is 0 Å². The van der Waals surface area contributed by atoms with Crippen LogP contribution in [0.1, 0.15) is 15.9 Å². The number of nitrogens with two attached hydrogens (primary N) is 1. The van der Waals surface area contributed by atoms with Crippen LogP contribution in [-0.2, 0) is 4.79 Å². The molecule has 16 heavy (non-hydrogen) atoms. The molecule has 86 valence electrons. The van der Waals surface area contributed by atoms with Crippen molar-refractivity contribution >= 4 is 11.8 Å². The fourth-order valence-electron chi connectivity index (χ4n) is 1.10. The van der Waals surface area contributed by atoms with Gasteiger partial charge in [-0.2, -0.15) is 0 Å². The van der Waals surface area contributed by atoms with Crippen molar-refractivity contribution in [3.05, 3.63) is 35.4 Å². The van der Waals surface area contributed by atoms with Gasteiger partial charge in [-0.25, -0.2) is 0 Å². The average Bonchev–Trinajstić information content (AvgIpc) is 2.26. The first kappa shape index (κ1) is 12.2. The summed E-state index contributed by atoms with van der Waals surface area (Å²) in [7, 11) is 0. The van der Waals surface area contributed by atoms with Crippen molar-refractivity contribution in [2.45, 2.75) is 13.0 Å². The van der Waals surface area contributed by atoms with Crippen molar-refractivity contribution in [2.75, 3.05) is 6.54 Å². The molecule has 1 aromatic rings. The van der Waals surface area contributed by atoms with E-state index in [2.05, 4.69) is 5.32 Å². The lowest BCUT2D eigenvalue weighted by molar-refractivity contribution is -0.125. The number of nitrogens with one attached hydrogen (secondary N) is 1. The van der Waals surface area contributed by atoms with Gasteiger partial charge in [-0.1, -0.05) is 17.7 Å². The standard InChI is InChI=1S/C11H14N2O3/c1-7-2-4-8(5-3-7)11(16)13-6-9(14)10(12)15/h2-5,9,14H,6H2,1H3,(H2,12,15)(H,13,16). The molecule has 0 radical (unpaired) electrons. The summed E-state index contributed by atoms with van der Waals surface area (Å²) in [6.07, 6.45) is -1.35. The van der Waals surface area contributed by atoms with Crippen molar-refractivity contribution < 1.29 is 14.7 Å². The van der Waals surface area contributed by atoms with Gasteiger partial charge in [0.25, 0.3) is 5.91 Å². The van der Waals surface area contributed by atoms with Crippen molar-refractivity contribution in [3.8, 4) is 0 Å². The molecule has 0 aliphatic heterocycles. The third kappa shape index (κ3) is 3.36. The summed E-state index contributed by atoms with van der Waals surface area (Å²) >= 11 is 0. The SMILES string of the molecule is Cc1ccc(C(=O)NCC(O)C(N)=O)cc1. The molecule has 4 N–H and O–H groups in total. The van der Waals surface area contributed by atoms with Gasteiger partial charge in [0.1, 0.15) is 6.10 Å². The lowest BCUT2D eigenvalue weighted by Gasteiger charge is -2.08. The van der Waals surface area contributed by atoms with E-state index in [0.29, 0.717) is 5.56 Å². The van der Waals surface area contributed by atoms with Crippen LogP contribution in [0.2, 0.25) is 0 Å². The zero-order chi connectivity index (χ0) is 12.1. The monoisotopic (exact) mass is 222 g/mol. The molecule has 0 spiro atoms. The Morgan fingerprint density at radius 1 is 1.38 bits per heavy atom. The van der Waals surface area contributed by atoms with Crippen molar-refractivity contribution in [1.82, 2.24) is 5.32 Å². The number of carbonyl (C=O) groups is 2. The Kier molecular flexibility index (Phi) is 4.02. The van der Waals surface area contributed by atoms with Crippen molar-refractivity contribution in [1.29, 1.82) is 0 Å². The van der Waals surface area contributed by atoms with Crippen LogP contribution in [0, 0.1) is 6.92 Å². The van der Waals surface area contributed by atoms with Gasteiger partial charge in [0.2, 0.25) is 5.91 Å². The molecule has 1 atom stereocenters. The van der Waals surface area contributed by atoms with Gasteiger partial charge in [0.05, 0.1) is 6.54 Å². The number of primary amides is 1. The van der Waals surface area contributed by atoms with Crippen LogP contribution in [0.5, 0.6) is 0 Å². The second kappa shape index (κ2) is 5.27. The van der Waals surface area contributed by atoms with Crippen LogP contribution in [0.15, 0.2) is 24.3 Å². The number of aliphatic hydroxyl groups excluding tert-OH is 1. The highest BCUT2D eigenvalue weighted by Crippen LogP contribution is 2.02. The van der Waals surface area contributed by atoms with E-state index in [4.69, 9.17) is 10.8 Å². The fraction of sp³-hybridized carbons (Fsp3) is 0.273. The summed E-state index contributed by atoms with van der Waals surface area (Å²) in [5.74, 6) is -1.20. The first-order chi connectivity index (χ1) is 7.50. The molecule has 1 aromatic carbocycles. The number of carbonyl (C=O) groups excluding carboxylic acids is 2. The van der Waals surface area contributed by atoms with Gasteiger partial charge in [-0.3, -0.25) is 9.59 Å². The summed E-state index contributed by atoms with van der Waals surface area (Å²) in [4.78, 5) is 22.0. The third-order valence-corrected chi connectivity index (χ3v) is 2.10. The van der Waals surface area contributed by atoms with E-state index >= 15 is 0 Å². The maximum atomic E-state index is 11.5. The largest absolute Gasteiger partial charge is 0.381 e. The normalized spacial score (nSPS) is 11.9. The number of aryl methyl sites for hydroxylation is 1. The Labute approximate surface area is 93.3 Å². The lowest BCUT2D eigenvalue weighted by Crippen LogP contribution is -2.39. The molecule has 0 aromatic heterocycles. The maximum Gasteiger partial charge on any atom is 0.251 e. The Bertz CT molecular complexity index is 387. The van der Waals surface area contributed by atoms with Gasteiger partial charge in [-0.05, 0) is 19.1 Å². The molecule has 0 fully saturated rings. The molecule has 0 saturated carbocycles. The summed E-state index contributed by atoms with van der Waals surface area (Å²) < 4.78 is 0. The highest BCUT2D eigenvalue weighted by atomic mass is 16.3. The Morgan fingerprint density at radius 2 is 1.94 bits per heavy atom. The van der Waals surface area contributed by atoms with Crippen LogP contribution in [0.4, 0.5) is 0 Å². The molecule has 1 unspecified atom stereocenters. The zero-order valence-electron chi connectivity index (χ0n) is 8.93. The van der Waals surface area contributed by atoms with E-state index in [9.17, 15) is 9.59 Å². The predicted octanol–water partition coefficient (Wildman–Crippen LogP) is -0.429. The summed E-state index contributed by atoms with van der Waals surface area (Å²) in [5, 5.41) is 11.5. The summed E-state index contributed by atoms with van der Waals surface area (Å²) in [6.45, 7) is 1.74. The van der Waals surface area contributed by atoms with E-state index in [-0.39, 0.29) is 12.5 Å². The van der Waals surface area contributed by atoms with E-state index in [0.717, 1.165) is 5.56 Å². The van der Waals surface area contributed by atoms with Gasteiger partial charge in [0.15, 0.2) is 0 Å². The molecule has 0 saturated heterocycles. The minimum Gasteiger partial charge on any atom is -0.381 e. The minimum absolute atomic E-state index is 0.179. The van der Waals surface area contributed by atoms with Crippen molar-refractivity contribution in [2.24, 2.45) is 5.73 Å². The molecule has 0 aliphatic rings. The molecule has 1 rings (SSSR count). The van der Waals surface area contributed by atoms with E-state index in [1.165, 1.54) is 0 Å². The lowest BCUT2D eigenvalue weighted by atomic mass is 10.1. The molecular formula is C11H14N2O3. The third-order valence-electron chi connectivity index (χ3n) is 2.10. The second-order valence-corrected chi connectivity index (χ2v) is 3.49. The van der Waals surface area contributed by atoms with Gasteiger partial charge in [0, 0.05) is 5.56 Å². The number of aliphatic hydroxyl groups is 1. The first-order valence-corrected chi connectivity index (χ1v) is 4.83. The zero-order valence-corrected chi connectivity index (χ0v) is 8.93. The maximum absolute atomic E-state index is 11.5. The first-order valence-electron chi connectivity index (χ1n) is 4.83. The number of amides is 2. The molecule has 2 amide bonds. The number of benzene rings is 1. The van der Waals surface area contributed by atoms with Crippen LogP contribution in [0.3, 0.4) is 0 Å². The smallest absolute Gasteiger partial charge is 0.251 e. The predicted molar refractivity (Wildman–Crippen MR) is 58.7 cm³/mol. The quantitative estimate of drug-likeness (QED) is 0.645. The highest BCUT2D eigenvalue weighted by molar-refractivity contribution is 5.94. The minimum atomic E-state index is -1.35. The molecule has 0 bridgehead atoms. The summed E-state index contributed by atoms with van der Waals surface area (Å²) in [6, 6.07) is 6.95. The Morgan fingerprint density at radius 3 is 2.44 bits per heavy atom. The number of hydrogen-bond donors (Lipinski definition) is 3. The Balaban J connectivity index is 2.53. The van der Waals surface area contributed by atoms with Gasteiger partial charge >= 0.3 is 0 Å². The van der Waals surface area contributed by atoms with Crippen molar-refractivity contribution in [3.63, 3.8) is 0 Å². The highest BCUT2D eigenvalue weighted by Gasteiger charge is 2.12. The molecule has 0 heterocycles. The fourth-order valence-corrected chi connectivity index (χ4v) is 1.10. The molecule has 5 nitrogen and oxygen atoms in total. The Hall–Kier alpha value is -1.88. The topological polar surface area (TPSA) is 92.4 Å².